The van der Waals surface area contributed by atoms with Gasteiger partial charge in [-0.05, 0) is 42.8 Å². The number of nitrogens with zero attached hydrogens (tertiary/aromatic N) is 1. The van der Waals surface area contributed by atoms with Crippen molar-refractivity contribution < 1.29 is 4.79 Å². The monoisotopic (exact) mass is 295 g/mol. The minimum atomic E-state index is -0.283. The highest BCUT2D eigenvalue weighted by Crippen LogP contribution is 2.26. The Kier molecular flexibility index (Phi) is 3.93. The molecule has 1 aromatic carbocycles. The van der Waals surface area contributed by atoms with E-state index in [0.29, 0.717) is 16.9 Å². The van der Waals surface area contributed by atoms with E-state index in [1.165, 1.54) is 0 Å². The van der Waals surface area contributed by atoms with E-state index in [1.807, 2.05) is 0 Å². The number of hydrogen-bond donors (Lipinski definition) is 2. The Morgan fingerprint density at radius 1 is 1.26 bits per heavy atom. The molecule has 4 nitrogen and oxygen atoms in total. The molecule has 2 rings (SSSR count). The van der Waals surface area contributed by atoms with E-state index in [4.69, 9.17) is 28.9 Å². The van der Waals surface area contributed by atoms with Gasteiger partial charge in [-0.25, -0.2) is 4.98 Å². The first-order chi connectivity index (χ1) is 8.97. The van der Waals surface area contributed by atoms with Crippen LogP contribution in [0.25, 0.3) is 0 Å². The Balaban J connectivity index is 2.26. The van der Waals surface area contributed by atoms with Crippen LogP contribution in [-0.2, 0) is 0 Å². The van der Waals surface area contributed by atoms with Crippen molar-refractivity contribution >= 4 is 40.5 Å². The van der Waals surface area contributed by atoms with Crippen LogP contribution in [0, 0.1) is 6.92 Å². The van der Waals surface area contributed by atoms with Gasteiger partial charge in [0.15, 0.2) is 5.15 Å². The van der Waals surface area contributed by atoms with Gasteiger partial charge in [-0.3, -0.25) is 4.79 Å². The third kappa shape index (κ3) is 3.16. The number of pyridine rings is 1. The molecule has 19 heavy (non-hydrogen) atoms. The van der Waals surface area contributed by atoms with Gasteiger partial charge in [-0.15, -0.1) is 0 Å². The number of nitrogens with two attached hydrogens (primary N) is 1. The number of rotatable bonds is 2. The van der Waals surface area contributed by atoms with Crippen molar-refractivity contribution in [2.24, 2.45) is 0 Å². The number of aryl methyl sites for hydroxylation is 1. The van der Waals surface area contributed by atoms with Gasteiger partial charge in [0.25, 0.3) is 5.91 Å². The fraction of sp³-hybridized carbons (Fsp3) is 0.0769. The molecule has 0 fully saturated rings. The Hall–Kier alpha value is -1.78. The van der Waals surface area contributed by atoms with E-state index < -0.39 is 0 Å². The van der Waals surface area contributed by atoms with Crippen LogP contribution >= 0.6 is 23.2 Å². The maximum absolute atomic E-state index is 12.0. The largest absolute Gasteiger partial charge is 0.399 e. The second-order valence-corrected chi connectivity index (χ2v) is 4.75. The van der Waals surface area contributed by atoms with Crippen molar-refractivity contribution in [3.8, 4) is 0 Å². The van der Waals surface area contributed by atoms with Crippen molar-refractivity contribution in [2.75, 3.05) is 11.1 Å². The van der Waals surface area contributed by atoms with Crippen LogP contribution < -0.4 is 11.1 Å². The summed E-state index contributed by atoms with van der Waals surface area (Å²) in [4.78, 5) is 15.9. The predicted molar refractivity (Wildman–Crippen MR) is 77.8 cm³/mol. The molecule has 1 aromatic heterocycles. The van der Waals surface area contributed by atoms with Gasteiger partial charge in [0.1, 0.15) is 5.15 Å². The second-order valence-electron chi connectivity index (χ2n) is 4.00. The van der Waals surface area contributed by atoms with Gasteiger partial charge in [0, 0.05) is 11.3 Å². The number of amides is 1. The molecule has 0 unspecified atom stereocenters. The molecule has 0 spiro atoms. The van der Waals surface area contributed by atoms with Crippen LogP contribution in [0.1, 0.15) is 15.9 Å². The van der Waals surface area contributed by atoms with E-state index in [9.17, 15) is 4.79 Å². The molecule has 1 heterocycles. The molecule has 98 valence electrons. The van der Waals surface area contributed by atoms with E-state index in [0.717, 1.165) is 5.56 Å². The molecule has 3 N–H and O–H groups in total. The smallest absolute Gasteiger partial charge is 0.255 e. The first-order valence-corrected chi connectivity index (χ1v) is 6.22. The van der Waals surface area contributed by atoms with Crippen molar-refractivity contribution in [3.05, 3.63) is 51.8 Å². The number of hydrogen-bond acceptors (Lipinski definition) is 3. The van der Waals surface area contributed by atoms with Crippen molar-refractivity contribution in [2.45, 2.75) is 6.92 Å². The number of nitrogens with one attached hydrogen (secondary N) is 1. The van der Waals surface area contributed by atoms with Gasteiger partial charge in [0.05, 0.1) is 5.69 Å². The SMILES string of the molecule is Cc1cc(Cl)nc(Cl)c1NC(=O)c1ccc(N)cc1. The first kappa shape index (κ1) is 13.6. The van der Waals surface area contributed by atoms with Crippen LogP contribution in [0.3, 0.4) is 0 Å². The van der Waals surface area contributed by atoms with Crippen LogP contribution in [0.5, 0.6) is 0 Å². The van der Waals surface area contributed by atoms with Gasteiger partial charge < -0.3 is 11.1 Å². The van der Waals surface area contributed by atoms with Crippen molar-refractivity contribution in [1.82, 2.24) is 4.98 Å². The third-order valence-electron chi connectivity index (χ3n) is 2.55. The van der Waals surface area contributed by atoms with Gasteiger partial charge in [-0.2, -0.15) is 0 Å². The Labute approximate surface area is 120 Å². The number of halogens is 2. The number of aromatic nitrogens is 1. The molecule has 0 aliphatic heterocycles. The maximum atomic E-state index is 12.0. The summed E-state index contributed by atoms with van der Waals surface area (Å²) in [6, 6.07) is 8.22. The minimum absolute atomic E-state index is 0.161. The zero-order chi connectivity index (χ0) is 14.0. The zero-order valence-corrected chi connectivity index (χ0v) is 11.6. The summed E-state index contributed by atoms with van der Waals surface area (Å²) in [6.07, 6.45) is 0. The number of carbonyl (C=O) groups is 1. The van der Waals surface area contributed by atoms with E-state index >= 15 is 0 Å². The fourth-order valence-corrected chi connectivity index (χ4v) is 2.14. The number of carbonyl (C=O) groups excluding carboxylic acids is 1. The normalized spacial score (nSPS) is 10.3. The van der Waals surface area contributed by atoms with Gasteiger partial charge in [-0.1, -0.05) is 23.2 Å². The number of nitrogen functional groups attached to an aromatic ring is 1. The lowest BCUT2D eigenvalue weighted by Gasteiger charge is -2.10. The summed E-state index contributed by atoms with van der Waals surface area (Å²) in [5.41, 5.74) is 7.84. The molecule has 2 aromatic rings. The third-order valence-corrected chi connectivity index (χ3v) is 3.02. The van der Waals surface area contributed by atoms with Crippen LogP contribution in [-0.4, -0.2) is 10.9 Å². The maximum Gasteiger partial charge on any atom is 0.255 e. The highest BCUT2D eigenvalue weighted by atomic mass is 35.5. The molecule has 0 aliphatic carbocycles. The molecular formula is C13H11Cl2N3O. The highest BCUT2D eigenvalue weighted by molar-refractivity contribution is 6.35. The Bertz CT molecular complexity index is 603. The standard InChI is InChI=1S/C13H11Cl2N3O/c1-7-6-10(14)17-12(15)11(7)18-13(19)8-2-4-9(16)5-3-8/h2-6H,16H2,1H3,(H,18,19). The quantitative estimate of drug-likeness (QED) is 0.658. The summed E-state index contributed by atoms with van der Waals surface area (Å²) in [5.74, 6) is -0.283. The van der Waals surface area contributed by atoms with Crippen molar-refractivity contribution in [3.63, 3.8) is 0 Å². The zero-order valence-electron chi connectivity index (χ0n) is 10.1. The summed E-state index contributed by atoms with van der Waals surface area (Å²) >= 11 is 11.7. The van der Waals surface area contributed by atoms with Gasteiger partial charge >= 0.3 is 0 Å². The van der Waals surface area contributed by atoms with Crippen molar-refractivity contribution in [1.29, 1.82) is 0 Å². The summed E-state index contributed by atoms with van der Waals surface area (Å²) < 4.78 is 0. The lowest BCUT2D eigenvalue weighted by atomic mass is 10.2. The Morgan fingerprint density at radius 3 is 2.47 bits per heavy atom. The topological polar surface area (TPSA) is 68.0 Å². The average molecular weight is 296 g/mol. The average Bonchev–Trinajstić information content (AvgIpc) is 2.34. The van der Waals surface area contributed by atoms with Gasteiger partial charge in [0.2, 0.25) is 0 Å². The molecule has 0 bridgehead atoms. The predicted octanol–water partition coefficient (Wildman–Crippen LogP) is 3.53. The van der Waals surface area contributed by atoms with E-state index in [1.54, 1.807) is 37.3 Å². The van der Waals surface area contributed by atoms with E-state index in [-0.39, 0.29) is 16.2 Å². The summed E-state index contributed by atoms with van der Waals surface area (Å²) in [6.45, 7) is 1.79. The second kappa shape index (κ2) is 5.47. The summed E-state index contributed by atoms with van der Waals surface area (Å²) in [7, 11) is 0. The van der Waals surface area contributed by atoms with Crippen LogP contribution in [0.4, 0.5) is 11.4 Å². The summed E-state index contributed by atoms with van der Waals surface area (Å²) in [5, 5.41) is 3.15. The highest BCUT2D eigenvalue weighted by Gasteiger charge is 2.12. The Morgan fingerprint density at radius 2 is 1.89 bits per heavy atom. The van der Waals surface area contributed by atoms with Crippen LogP contribution in [0.15, 0.2) is 30.3 Å². The minimum Gasteiger partial charge on any atom is -0.399 e. The van der Waals surface area contributed by atoms with E-state index in [2.05, 4.69) is 10.3 Å². The molecule has 0 saturated heterocycles. The number of benzene rings is 1. The molecule has 0 radical (unpaired) electrons. The van der Waals surface area contributed by atoms with Crippen LogP contribution in [0.2, 0.25) is 10.3 Å². The molecule has 0 atom stereocenters. The molecule has 0 saturated carbocycles. The lowest BCUT2D eigenvalue weighted by Crippen LogP contribution is -2.13. The molecule has 6 heteroatoms. The molecule has 1 amide bonds. The number of anilines is 2. The molecule has 0 aliphatic rings. The molecular weight excluding hydrogens is 285 g/mol. The fourth-order valence-electron chi connectivity index (χ4n) is 1.57. The first-order valence-electron chi connectivity index (χ1n) is 5.47. The lowest BCUT2D eigenvalue weighted by molar-refractivity contribution is 0.102.